The number of carbonyl (C=O) groups excluding carboxylic acids is 1. The molecule has 2 aromatic rings. The summed E-state index contributed by atoms with van der Waals surface area (Å²) in [4.78, 5) is 15.6. The molecule has 3 heteroatoms. The molecule has 0 aliphatic rings. The predicted molar refractivity (Wildman–Crippen MR) is 62.4 cm³/mol. The van der Waals surface area contributed by atoms with Crippen LogP contribution < -0.4 is 0 Å². The van der Waals surface area contributed by atoms with Crippen molar-refractivity contribution in [1.82, 2.24) is 4.98 Å². The molecule has 0 unspecified atom stereocenters. The van der Waals surface area contributed by atoms with Gasteiger partial charge in [0.05, 0.1) is 12.1 Å². The first-order chi connectivity index (χ1) is 7.61. The quantitative estimate of drug-likeness (QED) is 0.781. The zero-order valence-corrected chi connectivity index (χ0v) is 9.32. The maximum absolute atomic E-state index is 11.3. The molecule has 1 aromatic heterocycles. The molecule has 0 spiro atoms. The summed E-state index contributed by atoms with van der Waals surface area (Å²) in [5, 5.41) is 10.1. The third-order valence-electron chi connectivity index (χ3n) is 2.60. The van der Waals surface area contributed by atoms with Crippen LogP contribution in [-0.4, -0.2) is 15.9 Å². The molecular weight excluding hydrogens is 202 g/mol. The van der Waals surface area contributed by atoms with Crippen LogP contribution in [-0.2, 0) is 6.61 Å². The summed E-state index contributed by atoms with van der Waals surface area (Å²) < 4.78 is 0. The van der Waals surface area contributed by atoms with Crippen molar-refractivity contribution in [2.24, 2.45) is 0 Å². The number of aryl methyl sites for hydroxylation is 1. The number of carbonyl (C=O) groups is 1. The van der Waals surface area contributed by atoms with Gasteiger partial charge in [-0.3, -0.25) is 9.78 Å². The smallest absolute Gasteiger partial charge is 0.159 e. The van der Waals surface area contributed by atoms with E-state index < -0.39 is 0 Å². The lowest BCUT2D eigenvalue weighted by atomic mass is 10.0. The topological polar surface area (TPSA) is 50.2 Å². The Kier molecular flexibility index (Phi) is 2.71. The highest BCUT2D eigenvalue weighted by molar-refractivity contribution is 5.98. The van der Waals surface area contributed by atoms with Crippen molar-refractivity contribution in [2.75, 3.05) is 0 Å². The van der Waals surface area contributed by atoms with Crippen LogP contribution in [0.15, 0.2) is 24.3 Å². The summed E-state index contributed by atoms with van der Waals surface area (Å²) in [6, 6.07) is 7.21. The van der Waals surface area contributed by atoms with Gasteiger partial charge in [-0.1, -0.05) is 0 Å². The fraction of sp³-hybridized carbons (Fsp3) is 0.231. The number of aliphatic hydroxyl groups excluding tert-OH is 1. The molecule has 0 aliphatic carbocycles. The van der Waals surface area contributed by atoms with Crippen LogP contribution in [0.5, 0.6) is 0 Å². The van der Waals surface area contributed by atoms with Gasteiger partial charge in [0.1, 0.15) is 0 Å². The first-order valence-corrected chi connectivity index (χ1v) is 5.14. The molecule has 1 aromatic carbocycles. The maximum atomic E-state index is 11.3. The molecule has 0 saturated heterocycles. The molecule has 1 heterocycles. The van der Waals surface area contributed by atoms with Gasteiger partial charge in [0.25, 0.3) is 0 Å². The summed E-state index contributed by atoms with van der Waals surface area (Å²) in [7, 11) is 0. The van der Waals surface area contributed by atoms with E-state index in [1.54, 1.807) is 12.1 Å². The van der Waals surface area contributed by atoms with Gasteiger partial charge < -0.3 is 5.11 Å². The summed E-state index contributed by atoms with van der Waals surface area (Å²) in [5.74, 6) is 0.0198. The number of ketones is 1. The monoisotopic (exact) mass is 215 g/mol. The number of pyridine rings is 1. The van der Waals surface area contributed by atoms with E-state index in [0.29, 0.717) is 5.56 Å². The third kappa shape index (κ3) is 1.82. The average molecular weight is 215 g/mol. The number of nitrogens with zero attached hydrogens (tertiary/aromatic N) is 1. The van der Waals surface area contributed by atoms with Crippen molar-refractivity contribution in [2.45, 2.75) is 20.5 Å². The van der Waals surface area contributed by atoms with Crippen LogP contribution >= 0.6 is 0 Å². The average Bonchev–Trinajstić information content (AvgIpc) is 2.27. The Morgan fingerprint density at radius 2 is 2.12 bits per heavy atom. The SMILES string of the molecule is CC(=O)c1ccc2nc(C)cc(CO)c2c1. The number of Topliss-reactive ketones (excluding diaryl/α,β-unsaturated/α-hetero) is 1. The van der Waals surface area contributed by atoms with Gasteiger partial charge in [0.2, 0.25) is 0 Å². The lowest BCUT2D eigenvalue weighted by Crippen LogP contribution is -1.96. The van der Waals surface area contributed by atoms with E-state index >= 15 is 0 Å². The zero-order valence-electron chi connectivity index (χ0n) is 9.32. The summed E-state index contributed by atoms with van der Waals surface area (Å²) in [5.41, 5.74) is 3.14. The first-order valence-electron chi connectivity index (χ1n) is 5.14. The van der Waals surface area contributed by atoms with Crippen molar-refractivity contribution in [3.05, 3.63) is 41.1 Å². The van der Waals surface area contributed by atoms with Crippen LogP contribution in [0.25, 0.3) is 10.9 Å². The van der Waals surface area contributed by atoms with E-state index in [9.17, 15) is 9.90 Å². The minimum Gasteiger partial charge on any atom is -0.392 e. The minimum atomic E-state index is -0.0405. The largest absolute Gasteiger partial charge is 0.392 e. The minimum absolute atomic E-state index is 0.0198. The van der Waals surface area contributed by atoms with E-state index in [1.165, 1.54) is 6.92 Å². The third-order valence-corrected chi connectivity index (χ3v) is 2.60. The van der Waals surface area contributed by atoms with Gasteiger partial charge in [-0.25, -0.2) is 0 Å². The highest BCUT2D eigenvalue weighted by Gasteiger charge is 2.06. The number of hydrogen-bond acceptors (Lipinski definition) is 3. The number of benzene rings is 1. The molecule has 0 bridgehead atoms. The second-order valence-corrected chi connectivity index (χ2v) is 3.87. The molecule has 3 nitrogen and oxygen atoms in total. The predicted octanol–water partition coefficient (Wildman–Crippen LogP) is 2.24. The number of aromatic nitrogens is 1. The van der Waals surface area contributed by atoms with Gasteiger partial charge in [0.15, 0.2) is 5.78 Å². The van der Waals surface area contributed by atoms with Crippen molar-refractivity contribution in [3.63, 3.8) is 0 Å². The standard InChI is InChI=1S/C13H13NO2/c1-8-5-11(7-15)12-6-10(9(2)16)3-4-13(12)14-8/h3-6,15H,7H2,1-2H3. The van der Waals surface area contributed by atoms with E-state index in [0.717, 1.165) is 22.2 Å². The molecule has 0 fully saturated rings. The molecule has 0 saturated carbocycles. The highest BCUT2D eigenvalue weighted by atomic mass is 16.3. The van der Waals surface area contributed by atoms with E-state index in [1.807, 2.05) is 19.1 Å². The van der Waals surface area contributed by atoms with Crippen LogP contribution in [0.2, 0.25) is 0 Å². The Labute approximate surface area is 93.7 Å². The van der Waals surface area contributed by atoms with Gasteiger partial charge in [-0.15, -0.1) is 0 Å². The van der Waals surface area contributed by atoms with Crippen molar-refractivity contribution < 1.29 is 9.90 Å². The number of rotatable bonds is 2. The summed E-state index contributed by atoms with van der Waals surface area (Å²) >= 11 is 0. The number of aliphatic hydroxyl groups is 1. The zero-order chi connectivity index (χ0) is 11.7. The Morgan fingerprint density at radius 1 is 1.38 bits per heavy atom. The maximum Gasteiger partial charge on any atom is 0.159 e. The second kappa shape index (κ2) is 4.02. The molecular formula is C13H13NO2. The number of fused-ring (bicyclic) bond motifs is 1. The van der Waals surface area contributed by atoms with E-state index in [2.05, 4.69) is 4.98 Å². The molecule has 0 aliphatic heterocycles. The molecule has 82 valence electrons. The van der Waals surface area contributed by atoms with Crippen LogP contribution in [0.1, 0.15) is 28.5 Å². The van der Waals surface area contributed by atoms with Crippen molar-refractivity contribution in [1.29, 1.82) is 0 Å². The highest BCUT2D eigenvalue weighted by Crippen LogP contribution is 2.20. The van der Waals surface area contributed by atoms with Gasteiger partial charge in [-0.05, 0) is 43.7 Å². The normalized spacial score (nSPS) is 10.7. The Bertz CT molecular complexity index is 561. The van der Waals surface area contributed by atoms with Crippen molar-refractivity contribution in [3.8, 4) is 0 Å². The lowest BCUT2D eigenvalue weighted by molar-refractivity contribution is 0.101. The Morgan fingerprint density at radius 3 is 2.75 bits per heavy atom. The van der Waals surface area contributed by atoms with Gasteiger partial charge in [0, 0.05) is 16.6 Å². The fourth-order valence-corrected chi connectivity index (χ4v) is 1.79. The fourth-order valence-electron chi connectivity index (χ4n) is 1.79. The molecule has 0 radical (unpaired) electrons. The van der Waals surface area contributed by atoms with Crippen LogP contribution in [0.4, 0.5) is 0 Å². The van der Waals surface area contributed by atoms with Gasteiger partial charge >= 0.3 is 0 Å². The molecule has 0 atom stereocenters. The Hall–Kier alpha value is -1.74. The molecule has 1 N–H and O–H groups in total. The van der Waals surface area contributed by atoms with Crippen LogP contribution in [0, 0.1) is 6.92 Å². The molecule has 2 rings (SSSR count). The second-order valence-electron chi connectivity index (χ2n) is 3.87. The molecule has 16 heavy (non-hydrogen) atoms. The first kappa shape index (κ1) is 10.8. The lowest BCUT2D eigenvalue weighted by Gasteiger charge is -2.06. The van der Waals surface area contributed by atoms with Gasteiger partial charge in [-0.2, -0.15) is 0 Å². The summed E-state index contributed by atoms with van der Waals surface area (Å²) in [6.45, 7) is 3.38. The van der Waals surface area contributed by atoms with Crippen molar-refractivity contribution >= 4 is 16.7 Å². The van der Waals surface area contributed by atoms with E-state index in [-0.39, 0.29) is 12.4 Å². The number of hydrogen-bond donors (Lipinski definition) is 1. The Balaban J connectivity index is 2.75. The van der Waals surface area contributed by atoms with E-state index in [4.69, 9.17) is 0 Å². The molecule has 0 amide bonds. The summed E-state index contributed by atoms with van der Waals surface area (Å²) in [6.07, 6.45) is 0. The van der Waals surface area contributed by atoms with Crippen LogP contribution in [0.3, 0.4) is 0 Å².